The Morgan fingerprint density at radius 3 is 2.73 bits per heavy atom. The van der Waals surface area contributed by atoms with Crippen molar-refractivity contribution in [1.82, 2.24) is 20.2 Å². The predicted molar refractivity (Wildman–Crippen MR) is 111 cm³/mol. The molecule has 1 heterocycles. The van der Waals surface area contributed by atoms with E-state index in [-0.39, 0.29) is 17.7 Å². The van der Waals surface area contributed by atoms with Crippen molar-refractivity contribution in [3.63, 3.8) is 0 Å². The fourth-order valence-electron chi connectivity index (χ4n) is 8.88. The van der Waals surface area contributed by atoms with Crippen LogP contribution >= 0.6 is 0 Å². The van der Waals surface area contributed by atoms with Crippen LogP contribution < -0.4 is 0 Å². The summed E-state index contributed by atoms with van der Waals surface area (Å²) in [5, 5.41) is 22.4. The zero-order valence-electron chi connectivity index (χ0n) is 18.4. The number of ketones is 1. The molecule has 162 valence electrons. The summed E-state index contributed by atoms with van der Waals surface area (Å²) in [6.45, 7) is 6.97. The van der Waals surface area contributed by atoms with Crippen LogP contribution in [0, 0.1) is 46.8 Å². The summed E-state index contributed by atoms with van der Waals surface area (Å²) in [5.41, 5.74) is 2.16. The van der Waals surface area contributed by atoms with E-state index in [9.17, 15) is 9.90 Å². The smallest absolute Gasteiger partial charge is 0.182 e. The van der Waals surface area contributed by atoms with Gasteiger partial charge in [0, 0.05) is 5.57 Å². The van der Waals surface area contributed by atoms with Crippen LogP contribution in [0.4, 0.5) is 0 Å². The molecule has 0 radical (unpaired) electrons. The average molecular weight is 411 g/mol. The van der Waals surface area contributed by atoms with Crippen molar-refractivity contribution in [3.8, 4) is 0 Å². The lowest BCUT2D eigenvalue weighted by molar-refractivity contribution is -0.121. The molecular weight excluding hydrogens is 376 g/mol. The van der Waals surface area contributed by atoms with E-state index in [4.69, 9.17) is 0 Å². The summed E-state index contributed by atoms with van der Waals surface area (Å²) in [7, 11) is 0. The second-order valence-electron chi connectivity index (χ2n) is 11.6. The van der Waals surface area contributed by atoms with Gasteiger partial charge >= 0.3 is 0 Å². The SMILES string of the molecule is C[C@@H]1C2=C(C(=O)Cn3ncnn3)[C@@]3(C)CC[C@H]4[C@@H](CC[C@@H]5C[C@](C)(O)CC[C@@H]54)[C@@H]3C21. The first kappa shape index (κ1) is 19.1. The molecule has 5 aliphatic carbocycles. The molecule has 9 atom stereocenters. The van der Waals surface area contributed by atoms with Gasteiger partial charge in [-0.05, 0) is 104 Å². The first-order valence-electron chi connectivity index (χ1n) is 12.0. The highest BCUT2D eigenvalue weighted by Crippen LogP contribution is 2.74. The number of hydrogen-bond acceptors (Lipinski definition) is 5. The van der Waals surface area contributed by atoms with Gasteiger partial charge in [-0.3, -0.25) is 4.79 Å². The first-order valence-corrected chi connectivity index (χ1v) is 12.0. The Balaban J connectivity index is 1.28. The van der Waals surface area contributed by atoms with Crippen LogP contribution in [0.3, 0.4) is 0 Å². The lowest BCUT2D eigenvalue weighted by Crippen LogP contribution is -2.51. The van der Waals surface area contributed by atoms with Crippen molar-refractivity contribution in [3.05, 3.63) is 17.5 Å². The number of fused-ring (bicyclic) bond motifs is 7. The number of allylic oxidation sites excluding steroid dienone is 2. The van der Waals surface area contributed by atoms with Crippen molar-refractivity contribution >= 4 is 5.78 Å². The van der Waals surface area contributed by atoms with Gasteiger partial charge in [0.2, 0.25) is 0 Å². The zero-order valence-corrected chi connectivity index (χ0v) is 18.4. The van der Waals surface area contributed by atoms with Crippen LogP contribution in [0.15, 0.2) is 17.5 Å². The van der Waals surface area contributed by atoms with Crippen molar-refractivity contribution in [2.24, 2.45) is 46.8 Å². The van der Waals surface area contributed by atoms with Gasteiger partial charge < -0.3 is 5.11 Å². The fourth-order valence-corrected chi connectivity index (χ4v) is 8.88. The van der Waals surface area contributed by atoms with Gasteiger partial charge in [0.1, 0.15) is 6.54 Å². The fraction of sp³-hybridized carbons (Fsp3) is 0.833. The number of tetrazole rings is 1. The summed E-state index contributed by atoms with van der Waals surface area (Å²) < 4.78 is 0. The topological polar surface area (TPSA) is 80.9 Å². The summed E-state index contributed by atoms with van der Waals surface area (Å²) in [6, 6.07) is 0. The van der Waals surface area contributed by atoms with Crippen LogP contribution in [0.1, 0.15) is 65.7 Å². The maximum absolute atomic E-state index is 13.4. The van der Waals surface area contributed by atoms with Gasteiger partial charge in [-0.25, -0.2) is 0 Å². The minimum Gasteiger partial charge on any atom is -0.390 e. The third-order valence-corrected chi connectivity index (χ3v) is 9.97. The number of hydrogen-bond donors (Lipinski definition) is 1. The first-order chi connectivity index (χ1) is 14.3. The van der Waals surface area contributed by atoms with Crippen molar-refractivity contribution in [1.29, 1.82) is 0 Å². The quantitative estimate of drug-likeness (QED) is 0.826. The van der Waals surface area contributed by atoms with Crippen LogP contribution in [0.5, 0.6) is 0 Å². The number of carbonyl (C=O) groups is 1. The van der Waals surface area contributed by atoms with Gasteiger partial charge in [-0.2, -0.15) is 4.80 Å². The monoisotopic (exact) mass is 410 g/mol. The Morgan fingerprint density at radius 1 is 1.17 bits per heavy atom. The molecule has 0 aliphatic heterocycles. The Kier molecular flexibility index (Phi) is 3.98. The number of rotatable bonds is 3. The molecule has 1 aromatic rings. The Labute approximate surface area is 178 Å². The van der Waals surface area contributed by atoms with Crippen LogP contribution in [0.2, 0.25) is 0 Å². The highest BCUT2D eigenvalue weighted by Gasteiger charge is 2.68. The Morgan fingerprint density at radius 2 is 1.97 bits per heavy atom. The normalized spacial score (nSPS) is 49.1. The van der Waals surface area contributed by atoms with Crippen LogP contribution in [-0.2, 0) is 11.3 Å². The lowest BCUT2D eigenvalue weighted by Gasteiger charge is -2.57. The molecule has 5 aliphatic rings. The van der Waals surface area contributed by atoms with Gasteiger partial charge in [0.05, 0.1) is 5.60 Å². The number of carbonyl (C=O) groups excluding carboxylic acids is 1. The second kappa shape index (κ2) is 6.24. The molecule has 30 heavy (non-hydrogen) atoms. The number of aliphatic hydroxyl groups is 1. The van der Waals surface area contributed by atoms with E-state index in [1.165, 1.54) is 42.4 Å². The highest BCUT2D eigenvalue weighted by molar-refractivity contribution is 5.99. The van der Waals surface area contributed by atoms with E-state index in [0.29, 0.717) is 23.7 Å². The molecule has 6 heteroatoms. The minimum atomic E-state index is -0.459. The van der Waals surface area contributed by atoms with E-state index >= 15 is 0 Å². The molecule has 4 fully saturated rings. The van der Waals surface area contributed by atoms with E-state index in [2.05, 4.69) is 29.3 Å². The number of Topliss-reactive ketones (excluding diaryl/α,β-unsaturated/α-hetero) is 1. The molecule has 0 amide bonds. The summed E-state index contributed by atoms with van der Waals surface area (Å²) in [6.07, 6.45) is 9.45. The average Bonchev–Trinajstić information content (AvgIpc) is 3.06. The molecule has 0 saturated heterocycles. The molecule has 0 bridgehead atoms. The largest absolute Gasteiger partial charge is 0.390 e. The molecule has 4 saturated carbocycles. The van der Waals surface area contributed by atoms with Crippen molar-refractivity contribution in [2.45, 2.75) is 77.9 Å². The van der Waals surface area contributed by atoms with E-state index in [1.807, 2.05) is 6.92 Å². The van der Waals surface area contributed by atoms with Crippen LogP contribution in [-0.4, -0.2) is 36.7 Å². The summed E-state index contributed by atoms with van der Waals surface area (Å²) in [4.78, 5) is 14.8. The predicted octanol–water partition coefficient (Wildman–Crippen LogP) is 3.43. The molecule has 1 aromatic heterocycles. The maximum Gasteiger partial charge on any atom is 0.182 e. The lowest BCUT2D eigenvalue weighted by atomic mass is 9.48. The minimum absolute atomic E-state index is 0.0261. The van der Waals surface area contributed by atoms with E-state index in [1.54, 1.807) is 0 Å². The Hall–Kier alpha value is -1.56. The maximum atomic E-state index is 13.4. The summed E-state index contributed by atoms with van der Waals surface area (Å²) >= 11 is 0. The van der Waals surface area contributed by atoms with Gasteiger partial charge in [-0.1, -0.05) is 19.4 Å². The standard InChI is InChI=1S/C24H34N4O2/c1-13-19-20(13)22(18(29)11-28-26-12-25-27-28)24(3)9-7-16-15-6-8-23(2,30)10-14(15)4-5-17(16)21(19)24/h12-17,19,21,30H,4-11H2,1-3H3/t13-,14+,15-,16+,17+,19?,21+,23+,24-/m0/s1. The molecule has 0 aromatic carbocycles. The molecular formula is C24H34N4O2. The molecule has 6 nitrogen and oxygen atoms in total. The van der Waals surface area contributed by atoms with E-state index < -0.39 is 5.60 Å². The molecule has 1 unspecified atom stereocenters. The van der Waals surface area contributed by atoms with Crippen LogP contribution in [0.25, 0.3) is 0 Å². The zero-order chi connectivity index (χ0) is 20.8. The number of nitrogens with zero attached hydrogens (tertiary/aromatic N) is 4. The van der Waals surface area contributed by atoms with E-state index in [0.717, 1.165) is 42.6 Å². The molecule has 0 spiro atoms. The van der Waals surface area contributed by atoms with Gasteiger partial charge in [-0.15, -0.1) is 10.2 Å². The molecule has 6 rings (SSSR count). The highest BCUT2D eigenvalue weighted by atomic mass is 16.3. The molecule has 1 N–H and O–H groups in total. The Bertz CT molecular complexity index is 906. The van der Waals surface area contributed by atoms with Gasteiger partial charge in [0.25, 0.3) is 0 Å². The number of aromatic nitrogens is 4. The second-order valence-corrected chi connectivity index (χ2v) is 11.6. The van der Waals surface area contributed by atoms with Crippen molar-refractivity contribution in [2.75, 3.05) is 0 Å². The third-order valence-electron chi connectivity index (χ3n) is 9.97. The summed E-state index contributed by atoms with van der Waals surface area (Å²) in [5.74, 6) is 5.04. The third kappa shape index (κ3) is 2.58. The van der Waals surface area contributed by atoms with Gasteiger partial charge in [0.15, 0.2) is 12.1 Å². The van der Waals surface area contributed by atoms with Crippen molar-refractivity contribution < 1.29 is 9.90 Å².